The van der Waals surface area contributed by atoms with E-state index in [2.05, 4.69) is 42.2 Å². The van der Waals surface area contributed by atoms with Gasteiger partial charge in [0.05, 0.1) is 14.2 Å². The number of rotatable bonds is 22. The molecule has 0 saturated carbocycles. The van der Waals surface area contributed by atoms with Crippen molar-refractivity contribution < 1.29 is 23.7 Å². The van der Waals surface area contributed by atoms with Crippen LogP contribution in [0.2, 0.25) is 0 Å². The summed E-state index contributed by atoms with van der Waals surface area (Å²) in [5, 5.41) is 0. The average Bonchev–Trinajstić information content (AvgIpc) is 3.40. The molecule has 1 heterocycles. The molecule has 0 amide bonds. The van der Waals surface area contributed by atoms with Crippen LogP contribution in [0.15, 0.2) is 48.0 Å². The first-order chi connectivity index (χ1) is 22.6. The van der Waals surface area contributed by atoms with Gasteiger partial charge in [0.2, 0.25) is 0 Å². The molecule has 47 heavy (non-hydrogen) atoms. The number of likely N-dealkylation sites (tertiary alicyclic amines) is 1. The van der Waals surface area contributed by atoms with Gasteiger partial charge in [0, 0.05) is 18.7 Å². The van der Waals surface area contributed by atoms with Crippen molar-refractivity contribution >= 4 is 24.1 Å². The number of unbranched alkanes of at least 4 members (excludes halogenated alkanes) is 11. The summed E-state index contributed by atoms with van der Waals surface area (Å²) in [5.41, 5.74) is 4.62. The predicted molar refractivity (Wildman–Crippen MR) is 194 cm³/mol. The van der Waals surface area contributed by atoms with E-state index < -0.39 is 0 Å². The van der Waals surface area contributed by atoms with Crippen molar-refractivity contribution in [3.05, 3.63) is 64.7 Å². The molecule has 0 atom stereocenters. The number of hydrogen-bond donors (Lipinski definition) is 0. The third-order valence-electron chi connectivity index (χ3n) is 9.65. The number of piperidine rings is 1. The summed E-state index contributed by atoms with van der Waals surface area (Å²) in [6.07, 6.45) is 19.6. The van der Waals surface area contributed by atoms with Crippen molar-refractivity contribution in [2.24, 2.45) is 5.92 Å². The fourth-order valence-electron chi connectivity index (χ4n) is 6.95. The highest BCUT2D eigenvalue weighted by Crippen LogP contribution is 2.43. The molecule has 262 valence electrons. The molecule has 0 unspecified atom stereocenters. The Labute approximate surface area is 291 Å². The molecule has 0 bridgehead atoms. The van der Waals surface area contributed by atoms with E-state index in [4.69, 9.17) is 18.9 Å². The predicted octanol–water partition coefficient (Wildman–Crippen LogP) is 9.96. The number of nitrogens with zero attached hydrogens (tertiary/aromatic N) is 1. The Morgan fingerprint density at radius 1 is 0.809 bits per heavy atom. The first-order valence-electron chi connectivity index (χ1n) is 18.1. The maximum atomic E-state index is 13.0. The van der Waals surface area contributed by atoms with Crippen molar-refractivity contribution in [2.45, 2.75) is 116 Å². The van der Waals surface area contributed by atoms with Crippen LogP contribution in [0.4, 0.5) is 0 Å². The molecule has 0 radical (unpaired) electrons. The summed E-state index contributed by atoms with van der Waals surface area (Å²) in [4.78, 5) is 15.6. The zero-order valence-electron chi connectivity index (χ0n) is 29.4. The molecule has 2 aliphatic rings. The molecule has 6 nitrogen and oxygen atoms in total. The van der Waals surface area contributed by atoms with Crippen LogP contribution in [-0.2, 0) is 27.2 Å². The Morgan fingerprint density at radius 2 is 1.40 bits per heavy atom. The van der Waals surface area contributed by atoms with Gasteiger partial charge in [-0.05, 0) is 79.9 Å². The molecule has 1 saturated heterocycles. The van der Waals surface area contributed by atoms with Crippen LogP contribution in [-0.4, -0.2) is 51.4 Å². The maximum absolute atomic E-state index is 13.0. The molecule has 2 aromatic carbocycles. The summed E-state index contributed by atoms with van der Waals surface area (Å²) >= 11 is 0. The molecular weight excluding hydrogens is 610 g/mol. The highest BCUT2D eigenvalue weighted by Gasteiger charge is 2.30. The molecule has 1 aliphatic heterocycles. The SMILES string of the molecule is CCCCCCCCCCCCCCOCC(=O)OC1=C(CC2CCN(Cc3ccccc3)CC2)Cc2cc(OC)c(OC)cc21.Cl. The molecule has 0 N–H and O–H groups in total. The first kappa shape index (κ1) is 38.9. The van der Waals surface area contributed by atoms with Crippen LogP contribution >= 0.6 is 12.4 Å². The van der Waals surface area contributed by atoms with Gasteiger partial charge < -0.3 is 18.9 Å². The molecule has 1 fully saturated rings. The highest BCUT2D eigenvalue weighted by molar-refractivity contribution is 5.85. The lowest BCUT2D eigenvalue weighted by Gasteiger charge is -2.32. The van der Waals surface area contributed by atoms with E-state index in [0.29, 0.717) is 29.8 Å². The van der Waals surface area contributed by atoms with Crippen LogP contribution in [0.1, 0.15) is 120 Å². The molecule has 7 heteroatoms. The summed E-state index contributed by atoms with van der Waals surface area (Å²) in [5.74, 6) is 2.28. The normalized spacial score (nSPS) is 15.0. The smallest absolute Gasteiger partial charge is 0.337 e. The number of fused-ring (bicyclic) bond motifs is 1. The minimum Gasteiger partial charge on any atom is -0.493 e. The van der Waals surface area contributed by atoms with Crippen LogP contribution in [0.25, 0.3) is 5.76 Å². The second-order valence-electron chi connectivity index (χ2n) is 13.3. The number of esters is 1. The highest BCUT2D eigenvalue weighted by atomic mass is 35.5. The average molecular weight is 670 g/mol. The van der Waals surface area contributed by atoms with Gasteiger partial charge in [-0.25, -0.2) is 4.79 Å². The van der Waals surface area contributed by atoms with E-state index in [1.807, 2.05) is 12.1 Å². The Bertz CT molecular complexity index is 1210. The van der Waals surface area contributed by atoms with Gasteiger partial charge in [0.1, 0.15) is 12.4 Å². The molecule has 1 aliphatic carbocycles. The number of carbonyl (C=O) groups excluding carboxylic acids is 1. The Kier molecular flexibility index (Phi) is 18.3. The van der Waals surface area contributed by atoms with Crippen molar-refractivity contribution in [3.8, 4) is 11.5 Å². The lowest BCUT2D eigenvalue weighted by atomic mass is 9.89. The topological polar surface area (TPSA) is 57.2 Å². The number of hydrogen-bond acceptors (Lipinski definition) is 6. The maximum Gasteiger partial charge on any atom is 0.337 e. The van der Waals surface area contributed by atoms with E-state index in [1.54, 1.807) is 14.2 Å². The van der Waals surface area contributed by atoms with Gasteiger partial charge >= 0.3 is 5.97 Å². The monoisotopic (exact) mass is 669 g/mol. The lowest BCUT2D eigenvalue weighted by Crippen LogP contribution is -2.33. The van der Waals surface area contributed by atoms with Crippen LogP contribution < -0.4 is 9.47 Å². The molecule has 0 spiro atoms. The largest absolute Gasteiger partial charge is 0.493 e. The van der Waals surface area contributed by atoms with Crippen molar-refractivity contribution in [3.63, 3.8) is 0 Å². The fourth-order valence-corrected chi connectivity index (χ4v) is 6.95. The van der Waals surface area contributed by atoms with Gasteiger partial charge in [0.25, 0.3) is 0 Å². The molecular formula is C40H60ClNO5. The first-order valence-corrected chi connectivity index (χ1v) is 18.1. The minimum atomic E-state index is -0.327. The van der Waals surface area contributed by atoms with Gasteiger partial charge in [-0.1, -0.05) is 108 Å². The number of halogens is 1. The van der Waals surface area contributed by atoms with E-state index >= 15 is 0 Å². The number of ether oxygens (including phenoxy) is 4. The Morgan fingerprint density at radius 3 is 2.02 bits per heavy atom. The van der Waals surface area contributed by atoms with E-state index in [-0.39, 0.29) is 25.0 Å². The molecule has 0 aromatic heterocycles. The molecule has 4 rings (SSSR count). The Hall–Kier alpha value is -2.54. The number of methoxy groups -OCH3 is 2. The van der Waals surface area contributed by atoms with E-state index in [9.17, 15) is 4.79 Å². The number of allylic oxidation sites excluding steroid dienone is 1. The third-order valence-corrected chi connectivity index (χ3v) is 9.65. The second-order valence-corrected chi connectivity index (χ2v) is 13.3. The summed E-state index contributed by atoms with van der Waals surface area (Å²) in [6.45, 7) is 6.03. The van der Waals surface area contributed by atoms with Crippen LogP contribution in [0.3, 0.4) is 0 Å². The zero-order chi connectivity index (χ0) is 32.4. The van der Waals surface area contributed by atoms with Gasteiger partial charge in [-0.15, -0.1) is 12.4 Å². The summed E-state index contributed by atoms with van der Waals surface area (Å²) < 4.78 is 23.0. The van der Waals surface area contributed by atoms with E-state index in [0.717, 1.165) is 69.3 Å². The fraction of sp³-hybridized carbons (Fsp3) is 0.625. The van der Waals surface area contributed by atoms with Crippen LogP contribution in [0, 0.1) is 5.92 Å². The second kappa shape index (κ2) is 22.2. The van der Waals surface area contributed by atoms with Crippen molar-refractivity contribution in [2.75, 3.05) is 40.5 Å². The Balaban J connectivity index is 0.00000600. The van der Waals surface area contributed by atoms with Gasteiger partial charge in [0.15, 0.2) is 11.5 Å². The minimum absolute atomic E-state index is 0. The van der Waals surface area contributed by atoms with Gasteiger partial charge in [-0.2, -0.15) is 0 Å². The van der Waals surface area contributed by atoms with E-state index in [1.165, 1.54) is 75.3 Å². The standard InChI is InChI=1S/C40H59NO5.ClH/c1-4-5-6-7-8-9-10-11-12-13-14-18-25-45-31-39(42)46-40-35(27-34-28-37(43-2)38(44-3)29-36(34)40)26-32-21-23-41(24-22-32)30-33-19-16-15-17-20-33;/h15-17,19-20,28-29,32H,4-14,18,21-27,30-31H2,1-3H3;1H. The van der Waals surface area contributed by atoms with Crippen molar-refractivity contribution in [1.82, 2.24) is 4.90 Å². The number of carbonyl (C=O) groups is 1. The quantitative estimate of drug-likeness (QED) is 0.0919. The zero-order valence-corrected chi connectivity index (χ0v) is 30.2. The third kappa shape index (κ3) is 13.1. The van der Waals surface area contributed by atoms with Crippen molar-refractivity contribution in [1.29, 1.82) is 0 Å². The summed E-state index contributed by atoms with van der Waals surface area (Å²) in [6, 6.07) is 14.7. The lowest BCUT2D eigenvalue weighted by molar-refractivity contribution is -0.141. The van der Waals surface area contributed by atoms with Gasteiger partial charge in [-0.3, -0.25) is 4.90 Å². The molecule has 2 aromatic rings. The van der Waals surface area contributed by atoms with Crippen LogP contribution in [0.5, 0.6) is 11.5 Å². The number of benzene rings is 2. The summed E-state index contributed by atoms with van der Waals surface area (Å²) in [7, 11) is 3.30.